The zero-order chi connectivity index (χ0) is 8.27. The fourth-order valence-electron chi connectivity index (χ4n) is 1.56. The van der Waals surface area contributed by atoms with Crippen molar-refractivity contribution in [1.82, 2.24) is 0 Å². The predicted molar refractivity (Wildman–Crippen MR) is 55.0 cm³/mol. The average Bonchev–Trinajstić information content (AvgIpc) is 1.97. The number of thioether (sulfide) groups is 1. The largest absolute Gasteiger partial charge is 0.165 e. The van der Waals surface area contributed by atoms with E-state index >= 15 is 0 Å². The Labute approximate surface area is 83.0 Å². The molecule has 0 heterocycles. The van der Waals surface area contributed by atoms with Crippen LogP contribution in [0.4, 0.5) is 0 Å². The highest BCUT2D eigenvalue weighted by Gasteiger charge is 2.29. The Hall–Kier alpha value is 0.930. The van der Waals surface area contributed by atoms with Crippen molar-refractivity contribution in [3.63, 3.8) is 0 Å². The minimum atomic E-state index is 0.318. The van der Waals surface area contributed by atoms with Crippen molar-refractivity contribution >= 4 is 35.0 Å². The second-order valence-electron chi connectivity index (χ2n) is 3.08. The van der Waals surface area contributed by atoms with Crippen LogP contribution >= 0.6 is 35.0 Å². The van der Waals surface area contributed by atoms with Crippen LogP contribution in [-0.2, 0) is 0 Å². The van der Waals surface area contributed by atoms with E-state index in [-0.39, 0.29) is 0 Å². The van der Waals surface area contributed by atoms with Gasteiger partial charge in [-0.1, -0.05) is 6.42 Å². The molecule has 0 aromatic carbocycles. The summed E-state index contributed by atoms with van der Waals surface area (Å²) in [6, 6.07) is 0. The normalized spacial score (nSPS) is 39.0. The van der Waals surface area contributed by atoms with Crippen molar-refractivity contribution in [1.29, 1.82) is 0 Å². The number of hydrogen-bond acceptors (Lipinski definition) is 1. The minimum Gasteiger partial charge on any atom is -0.165 e. The van der Waals surface area contributed by atoms with Gasteiger partial charge < -0.3 is 0 Å². The summed E-state index contributed by atoms with van der Waals surface area (Å²) in [7, 11) is 0. The van der Waals surface area contributed by atoms with Crippen LogP contribution in [0.5, 0.6) is 0 Å². The lowest BCUT2D eigenvalue weighted by molar-refractivity contribution is 0.406. The summed E-state index contributed by atoms with van der Waals surface area (Å²) >= 11 is 14.2. The van der Waals surface area contributed by atoms with Crippen molar-refractivity contribution in [2.45, 2.75) is 30.0 Å². The van der Waals surface area contributed by atoms with Gasteiger partial charge in [0.2, 0.25) is 0 Å². The molecule has 2 atom stereocenters. The highest BCUT2D eigenvalue weighted by molar-refractivity contribution is 7.98. The molecule has 0 N–H and O–H groups in total. The van der Waals surface area contributed by atoms with Gasteiger partial charge in [-0.3, -0.25) is 0 Å². The molecule has 0 bridgehead atoms. The molecule has 3 heteroatoms. The van der Waals surface area contributed by atoms with E-state index in [1.807, 2.05) is 11.8 Å². The molecule has 11 heavy (non-hydrogen) atoms. The van der Waals surface area contributed by atoms with E-state index < -0.39 is 0 Å². The molecule has 0 amide bonds. The Morgan fingerprint density at radius 1 is 1.27 bits per heavy atom. The van der Waals surface area contributed by atoms with Crippen LogP contribution in [0.15, 0.2) is 0 Å². The van der Waals surface area contributed by atoms with Crippen LogP contribution in [0.1, 0.15) is 19.3 Å². The van der Waals surface area contributed by atoms with E-state index in [1.165, 1.54) is 6.42 Å². The minimum absolute atomic E-state index is 0.318. The van der Waals surface area contributed by atoms with Crippen molar-refractivity contribution in [2.24, 2.45) is 5.92 Å². The second kappa shape index (κ2) is 4.84. The molecule has 1 rings (SSSR count). The van der Waals surface area contributed by atoms with Gasteiger partial charge in [0.25, 0.3) is 0 Å². The quantitative estimate of drug-likeness (QED) is 0.634. The van der Waals surface area contributed by atoms with Crippen LogP contribution in [-0.4, -0.2) is 22.8 Å². The van der Waals surface area contributed by atoms with E-state index in [0.29, 0.717) is 16.7 Å². The Bertz CT molecular complexity index is 109. The monoisotopic (exact) mass is 212 g/mol. The van der Waals surface area contributed by atoms with Crippen molar-refractivity contribution in [3.05, 3.63) is 0 Å². The van der Waals surface area contributed by atoms with Gasteiger partial charge in [0.05, 0.1) is 0 Å². The average molecular weight is 213 g/mol. The molecule has 1 aliphatic carbocycles. The highest BCUT2D eigenvalue weighted by atomic mass is 35.5. The molecule has 1 saturated carbocycles. The van der Waals surface area contributed by atoms with Crippen LogP contribution in [0, 0.1) is 5.92 Å². The molecule has 0 saturated heterocycles. The van der Waals surface area contributed by atoms with E-state index in [1.54, 1.807) is 0 Å². The lowest BCUT2D eigenvalue weighted by Gasteiger charge is -2.30. The lowest BCUT2D eigenvalue weighted by Crippen LogP contribution is -2.31. The summed E-state index contributed by atoms with van der Waals surface area (Å²) < 4.78 is 0. The van der Waals surface area contributed by atoms with Gasteiger partial charge in [-0.05, 0) is 24.9 Å². The second-order valence-corrected chi connectivity index (χ2v) is 5.11. The Balaban J connectivity index is 2.41. The number of alkyl halides is 2. The fraction of sp³-hybridized carbons (Fsp3) is 1.00. The van der Waals surface area contributed by atoms with Gasteiger partial charge >= 0.3 is 0 Å². The smallest absolute Gasteiger partial charge is 0.0386 e. The lowest BCUT2D eigenvalue weighted by atomic mass is 9.90. The molecule has 0 aromatic heterocycles. The third-order valence-electron chi connectivity index (χ3n) is 2.25. The third-order valence-corrected chi connectivity index (χ3v) is 4.05. The maximum Gasteiger partial charge on any atom is 0.0386 e. The molecule has 1 fully saturated rings. The Kier molecular flexibility index (Phi) is 4.40. The summed E-state index contributed by atoms with van der Waals surface area (Å²) in [5.74, 6) is 1.64. The molecule has 0 aromatic rings. The predicted octanol–water partition coefficient (Wildman–Crippen LogP) is 3.36. The molecule has 0 aliphatic heterocycles. The standard InChI is InChI=1S/C8H14Cl2S/c1-11-5-6-7(9)3-2-4-8(6)10/h6-8H,2-5H2,1H3. The molecular weight excluding hydrogens is 199 g/mol. The summed E-state index contributed by atoms with van der Waals surface area (Å²) in [5.41, 5.74) is 0. The third kappa shape index (κ3) is 2.71. The van der Waals surface area contributed by atoms with Crippen LogP contribution in [0.3, 0.4) is 0 Å². The fourth-order valence-corrected chi connectivity index (χ4v) is 3.54. The summed E-state index contributed by atoms with van der Waals surface area (Å²) in [6.07, 6.45) is 5.61. The number of rotatable bonds is 2. The van der Waals surface area contributed by atoms with E-state index in [2.05, 4.69) is 6.26 Å². The molecular formula is C8H14Cl2S. The van der Waals surface area contributed by atoms with Gasteiger partial charge in [0.1, 0.15) is 0 Å². The van der Waals surface area contributed by atoms with Gasteiger partial charge in [-0.15, -0.1) is 23.2 Å². The SMILES string of the molecule is CSCC1C(Cl)CCCC1Cl. The summed E-state index contributed by atoms with van der Waals surface area (Å²) in [5, 5.41) is 0.636. The molecule has 0 radical (unpaired) electrons. The number of halogens is 2. The Morgan fingerprint density at radius 3 is 2.27 bits per heavy atom. The Morgan fingerprint density at radius 2 is 1.82 bits per heavy atom. The van der Waals surface area contributed by atoms with Crippen LogP contribution < -0.4 is 0 Å². The molecule has 0 nitrogen and oxygen atoms in total. The maximum atomic E-state index is 6.16. The zero-order valence-electron chi connectivity index (χ0n) is 6.72. The zero-order valence-corrected chi connectivity index (χ0v) is 9.05. The van der Waals surface area contributed by atoms with Crippen LogP contribution in [0.25, 0.3) is 0 Å². The van der Waals surface area contributed by atoms with Crippen LogP contribution in [0.2, 0.25) is 0 Å². The van der Waals surface area contributed by atoms with E-state index in [0.717, 1.165) is 18.6 Å². The first-order chi connectivity index (χ1) is 5.25. The molecule has 0 spiro atoms. The highest BCUT2D eigenvalue weighted by Crippen LogP contribution is 2.34. The molecule has 1 aliphatic rings. The van der Waals surface area contributed by atoms with E-state index in [4.69, 9.17) is 23.2 Å². The van der Waals surface area contributed by atoms with Crippen molar-refractivity contribution < 1.29 is 0 Å². The van der Waals surface area contributed by atoms with Gasteiger partial charge in [-0.2, -0.15) is 11.8 Å². The van der Waals surface area contributed by atoms with Gasteiger partial charge in [-0.25, -0.2) is 0 Å². The van der Waals surface area contributed by atoms with Crippen molar-refractivity contribution in [2.75, 3.05) is 12.0 Å². The molecule has 2 unspecified atom stereocenters. The number of hydrogen-bond donors (Lipinski definition) is 0. The van der Waals surface area contributed by atoms with E-state index in [9.17, 15) is 0 Å². The maximum absolute atomic E-state index is 6.16. The van der Waals surface area contributed by atoms with Gasteiger partial charge in [0.15, 0.2) is 0 Å². The first-order valence-electron chi connectivity index (χ1n) is 4.02. The summed E-state index contributed by atoms with van der Waals surface area (Å²) in [4.78, 5) is 0. The summed E-state index contributed by atoms with van der Waals surface area (Å²) in [6.45, 7) is 0. The first kappa shape index (κ1) is 10.0. The van der Waals surface area contributed by atoms with Crippen molar-refractivity contribution in [3.8, 4) is 0 Å². The topological polar surface area (TPSA) is 0 Å². The first-order valence-corrected chi connectivity index (χ1v) is 6.29. The van der Waals surface area contributed by atoms with Gasteiger partial charge in [0, 0.05) is 16.7 Å². The molecule has 66 valence electrons.